The van der Waals surface area contributed by atoms with E-state index in [4.69, 9.17) is 4.74 Å². The number of amides is 1. The summed E-state index contributed by atoms with van der Waals surface area (Å²) in [5.41, 5.74) is 6.40. The van der Waals surface area contributed by atoms with Gasteiger partial charge < -0.3 is 10.1 Å². The molecule has 1 aliphatic rings. The summed E-state index contributed by atoms with van der Waals surface area (Å²) >= 11 is 1.58. The Labute approximate surface area is 181 Å². The van der Waals surface area contributed by atoms with E-state index >= 15 is 0 Å². The monoisotopic (exact) mass is 421 g/mol. The van der Waals surface area contributed by atoms with E-state index in [2.05, 4.69) is 46.4 Å². The molecule has 0 radical (unpaired) electrons. The third kappa shape index (κ3) is 5.33. The number of hydrogen-bond acceptors (Lipinski definition) is 5. The fourth-order valence-electron chi connectivity index (χ4n) is 3.48. The number of hydrogen-bond donors (Lipinski definition) is 1. The molecular formula is C24H27N3O2S. The molecule has 0 saturated carbocycles. The van der Waals surface area contributed by atoms with E-state index < -0.39 is 0 Å². The average Bonchev–Trinajstić information content (AvgIpc) is 3.20. The summed E-state index contributed by atoms with van der Waals surface area (Å²) in [4.78, 5) is 19.5. The minimum Gasteiger partial charge on any atom is -0.379 e. The van der Waals surface area contributed by atoms with Gasteiger partial charge in [0.25, 0.3) is 0 Å². The molecule has 0 unspecified atom stereocenters. The predicted molar refractivity (Wildman–Crippen MR) is 122 cm³/mol. The van der Waals surface area contributed by atoms with Gasteiger partial charge >= 0.3 is 0 Å². The Morgan fingerprint density at radius 2 is 1.87 bits per heavy atom. The Hall–Kier alpha value is -2.54. The van der Waals surface area contributed by atoms with Gasteiger partial charge in [-0.15, -0.1) is 11.3 Å². The van der Waals surface area contributed by atoms with Crippen molar-refractivity contribution in [3.8, 4) is 10.6 Å². The van der Waals surface area contributed by atoms with Gasteiger partial charge in [-0.2, -0.15) is 0 Å². The summed E-state index contributed by atoms with van der Waals surface area (Å²) in [6.07, 6.45) is 0.276. The van der Waals surface area contributed by atoms with Crippen LogP contribution in [0.25, 0.3) is 10.6 Å². The van der Waals surface area contributed by atoms with Crippen molar-refractivity contribution in [2.45, 2.75) is 26.8 Å². The first-order valence-corrected chi connectivity index (χ1v) is 11.2. The van der Waals surface area contributed by atoms with Gasteiger partial charge in [-0.3, -0.25) is 9.69 Å². The second-order valence-corrected chi connectivity index (χ2v) is 8.61. The first-order valence-electron chi connectivity index (χ1n) is 10.3. The minimum absolute atomic E-state index is 0.0454. The van der Waals surface area contributed by atoms with E-state index in [1.165, 1.54) is 16.7 Å². The van der Waals surface area contributed by atoms with Crippen molar-refractivity contribution in [2.24, 2.45) is 0 Å². The topological polar surface area (TPSA) is 54.5 Å². The Kier molecular flexibility index (Phi) is 6.57. The summed E-state index contributed by atoms with van der Waals surface area (Å²) in [7, 11) is 0. The van der Waals surface area contributed by atoms with Crippen LogP contribution in [0.1, 0.15) is 22.4 Å². The Morgan fingerprint density at radius 3 is 2.60 bits per heavy atom. The molecule has 0 atom stereocenters. The molecule has 1 aliphatic heterocycles. The van der Waals surface area contributed by atoms with Crippen LogP contribution in [0.5, 0.6) is 0 Å². The smallest absolute Gasteiger partial charge is 0.230 e. The molecule has 0 aliphatic carbocycles. The molecule has 1 N–H and O–H groups in total. The molecule has 1 aromatic heterocycles. The maximum atomic E-state index is 12.4. The van der Waals surface area contributed by atoms with Crippen LogP contribution < -0.4 is 5.32 Å². The van der Waals surface area contributed by atoms with Crippen molar-refractivity contribution in [3.05, 3.63) is 70.2 Å². The van der Waals surface area contributed by atoms with Crippen molar-refractivity contribution >= 4 is 22.9 Å². The third-order valence-electron chi connectivity index (χ3n) is 5.39. The lowest BCUT2D eigenvalue weighted by atomic mass is 10.1. The number of thiazole rings is 1. The molecule has 1 amide bonds. The SMILES string of the molecule is Cc1ccc(NC(=O)Cc2csc(-c3ccc(CN4CCOCC4)cc3)n2)cc1C. The van der Waals surface area contributed by atoms with Gasteiger partial charge in [0.15, 0.2) is 0 Å². The highest BCUT2D eigenvalue weighted by Gasteiger charge is 2.12. The average molecular weight is 422 g/mol. The van der Waals surface area contributed by atoms with E-state index in [0.29, 0.717) is 0 Å². The standard InChI is InChI=1S/C24H27N3O2S/c1-17-3-8-21(13-18(17)2)25-23(28)14-22-16-30-24(26-22)20-6-4-19(5-7-20)15-27-9-11-29-12-10-27/h3-8,13,16H,9-12,14-15H2,1-2H3,(H,25,28). The van der Waals surface area contributed by atoms with Crippen LogP contribution in [0.15, 0.2) is 47.8 Å². The van der Waals surface area contributed by atoms with Crippen LogP contribution in [-0.4, -0.2) is 42.1 Å². The Morgan fingerprint density at radius 1 is 1.10 bits per heavy atom. The quantitative estimate of drug-likeness (QED) is 0.639. The largest absolute Gasteiger partial charge is 0.379 e. The Bertz CT molecular complexity index is 1010. The number of aromatic nitrogens is 1. The van der Waals surface area contributed by atoms with Crippen LogP contribution in [-0.2, 0) is 22.5 Å². The number of carbonyl (C=O) groups excluding carboxylic acids is 1. The lowest BCUT2D eigenvalue weighted by Gasteiger charge is -2.26. The molecule has 1 fully saturated rings. The number of benzene rings is 2. The minimum atomic E-state index is -0.0454. The number of aryl methyl sites for hydroxylation is 2. The van der Waals surface area contributed by atoms with E-state index in [1.807, 2.05) is 30.5 Å². The van der Waals surface area contributed by atoms with Crippen molar-refractivity contribution in [1.82, 2.24) is 9.88 Å². The number of ether oxygens (including phenoxy) is 1. The molecule has 156 valence electrons. The first kappa shape index (κ1) is 20.7. The van der Waals surface area contributed by atoms with Gasteiger partial charge in [0.1, 0.15) is 5.01 Å². The molecule has 0 bridgehead atoms. The van der Waals surface area contributed by atoms with Crippen LogP contribution in [0.2, 0.25) is 0 Å². The second kappa shape index (κ2) is 9.51. The molecule has 5 nitrogen and oxygen atoms in total. The van der Waals surface area contributed by atoms with Crippen LogP contribution in [0.4, 0.5) is 5.69 Å². The maximum absolute atomic E-state index is 12.4. The molecule has 2 heterocycles. The summed E-state index contributed by atoms with van der Waals surface area (Å²) in [6.45, 7) is 8.67. The van der Waals surface area contributed by atoms with Crippen molar-refractivity contribution in [1.29, 1.82) is 0 Å². The predicted octanol–water partition coefficient (Wildman–Crippen LogP) is 4.44. The molecule has 4 rings (SSSR count). The molecule has 6 heteroatoms. The third-order valence-corrected chi connectivity index (χ3v) is 6.34. The second-order valence-electron chi connectivity index (χ2n) is 7.75. The van der Waals surface area contributed by atoms with Gasteiger partial charge in [-0.05, 0) is 42.7 Å². The summed E-state index contributed by atoms with van der Waals surface area (Å²) < 4.78 is 5.41. The molecular weight excluding hydrogens is 394 g/mol. The van der Waals surface area contributed by atoms with Crippen LogP contribution >= 0.6 is 11.3 Å². The number of rotatable bonds is 6. The van der Waals surface area contributed by atoms with Crippen LogP contribution in [0.3, 0.4) is 0 Å². The zero-order valence-corrected chi connectivity index (χ0v) is 18.3. The van der Waals surface area contributed by atoms with Gasteiger partial charge in [0.2, 0.25) is 5.91 Å². The van der Waals surface area contributed by atoms with Crippen molar-refractivity contribution in [3.63, 3.8) is 0 Å². The Balaban J connectivity index is 1.35. The number of morpholine rings is 1. The highest BCUT2D eigenvalue weighted by molar-refractivity contribution is 7.13. The number of carbonyl (C=O) groups is 1. The highest BCUT2D eigenvalue weighted by Crippen LogP contribution is 2.25. The van der Waals surface area contributed by atoms with Gasteiger partial charge in [-0.25, -0.2) is 4.98 Å². The molecule has 30 heavy (non-hydrogen) atoms. The lowest BCUT2D eigenvalue weighted by Crippen LogP contribution is -2.35. The summed E-state index contributed by atoms with van der Waals surface area (Å²) in [5.74, 6) is -0.0454. The summed E-state index contributed by atoms with van der Waals surface area (Å²) in [6, 6.07) is 14.5. The number of anilines is 1. The van der Waals surface area contributed by atoms with E-state index in [-0.39, 0.29) is 12.3 Å². The summed E-state index contributed by atoms with van der Waals surface area (Å²) in [5, 5.41) is 5.88. The zero-order chi connectivity index (χ0) is 20.9. The normalized spacial score (nSPS) is 14.6. The first-order chi connectivity index (χ1) is 14.6. The van der Waals surface area contributed by atoms with Crippen molar-refractivity contribution in [2.75, 3.05) is 31.6 Å². The fourth-order valence-corrected chi connectivity index (χ4v) is 4.31. The number of nitrogens with zero attached hydrogens (tertiary/aromatic N) is 2. The molecule has 0 spiro atoms. The van der Waals surface area contributed by atoms with Crippen molar-refractivity contribution < 1.29 is 9.53 Å². The van der Waals surface area contributed by atoms with Crippen LogP contribution in [0, 0.1) is 13.8 Å². The van der Waals surface area contributed by atoms with E-state index in [1.54, 1.807) is 11.3 Å². The van der Waals surface area contributed by atoms with Gasteiger partial charge in [-0.1, -0.05) is 30.3 Å². The maximum Gasteiger partial charge on any atom is 0.230 e. The highest BCUT2D eigenvalue weighted by atomic mass is 32.1. The number of nitrogens with one attached hydrogen (secondary N) is 1. The van der Waals surface area contributed by atoms with E-state index in [9.17, 15) is 4.79 Å². The van der Waals surface area contributed by atoms with E-state index in [0.717, 1.165) is 54.8 Å². The molecule has 3 aromatic rings. The fraction of sp³-hybridized carbons (Fsp3) is 0.333. The molecule has 1 saturated heterocycles. The van der Waals surface area contributed by atoms with Gasteiger partial charge in [0.05, 0.1) is 25.3 Å². The lowest BCUT2D eigenvalue weighted by molar-refractivity contribution is -0.115. The zero-order valence-electron chi connectivity index (χ0n) is 17.5. The molecule has 2 aromatic carbocycles. The van der Waals surface area contributed by atoms with Gasteiger partial charge in [0, 0.05) is 36.3 Å².